The number of amides is 2. The molecule has 1 aromatic heterocycles. The SMILES string of the molecule is CC(=O)NCC1CN(c2ccc(N3CCC(n4nnc(N5CCN(Cc6ccccc6)CC5)n4)CC3)c(F)c2)C(=O)O1. The van der Waals surface area contributed by atoms with Crippen LogP contribution in [0.1, 0.15) is 31.4 Å². The predicted molar refractivity (Wildman–Crippen MR) is 155 cm³/mol. The molecule has 1 unspecified atom stereocenters. The van der Waals surface area contributed by atoms with E-state index in [4.69, 9.17) is 9.84 Å². The van der Waals surface area contributed by atoms with Gasteiger partial charge in [0.2, 0.25) is 5.91 Å². The fourth-order valence-corrected chi connectivity index (χ4v) is 5.80. The molecule has 3 aliphatic rings. The van der Waals surface area contributed by atoms with Gasteiger partial charge < -0.3 is 19.9 Å². The third-order valence-corrected chi connectivity index (χ3v) is 8.15. The molecule has 0 radical (unpaired) electrons. The molecule has 2 amide bonds. The number of benzene rings is 2. The molecule has 0 spiro atoms. The summed E-state index contributed by atoms with van der Waals surface area (Å²) in [6.07, 6.45) is 0.515. The lowest BCUT2D eigenvalue weighted by Crippen LogP contribution is -2.46. The van der Waals surface area contributed by atoms with Gasteiger partial charge in [-0.25, -0.2) is 9.18 Å². The number of rotatable bonds is 8. The van der Waals surface area contributed by atoms with Crippen molar-refractivity contribution in [3.63, 3.8) is 0 Å². The Labute approximate surface area is 244 Å². The normalized spacial score (nSPS) is 20.2. The minimum absolute atomic E-state index is 0.101. The number of carbonyl (C=O) groups is 2. The summed E-state index contributed by atoms with van der Waals surface area (Å²) in [5, 5.41) is 16.1. The molecule has 3 aromatic rings. The Morgan fingerprint density at radius 3 is 2.50 bits per heavy atom. The fraction of sp³-hybridized carbons (Fsp3) is 0.483. The average Bonchev–Trinajstić information content (AvgIpc) is 3.64. The molecule has 2 aromatic carbocycles. The number of hydrogen-bond acceptors (Lipinski definition) is 9. The molecule has 4 heterocycles. The Bertz CT molecular complexity index is 1390. The summed E-state index contributed by atoms with van der Waals surface area (Å²) in [5.41, 5.74) is 2.25. The maximum Gasteiger partial charge on any atom is 0.414 e. The standard InChI is InChI=1S/C29H36FN9O3/c1-21(40)31-18-25-20-38(29(41)42-25)24-7-8-27(26(30)17-24)36-11-9-23(10-12-36)39-33-28(32-34-39)37-15-13-35(14-16-37)19-22-5-3-2-4-6-22/h2-8,17,23,25H,9-16,18-20H2,1H3,(H,31,40). The number of halogens is 1. The van der Waals surface area contributed by atoms with Crippen molar-refractivity contribution in [1.29, 1.82) is 0 Å². The summed E-state index contributed by atoms with van der Waals surface area (Å²) < 4.78 is 20.5. The molecule has 6 rings (SSSR count). The van der Waals surface area contributed by atoms with Crippen LogP contribution in [0.4, 0.5) is 26.5 Å². The van der Waals surface area contributed by atoms with Crippen LogP contribution < -0.4 is 20.0 Å². The number of ether oxygens (including phenoxy) is 1. The van der Waals surface area contributed by atoms with Gasteiger partial charge in [0.25, 0.3) is 5.95 Å². The first-order valence-electron chi connectivity index (χ1n) is 14.5. The second kappa shape index (κ2) is 12.3. The number of anilines is 3. The zero-order valence-electron chi connectivity index (χ0n) is 23.7. The van der Waals surface area contributed by atoms with E-state index in [1.54, 1.807) is 16.9 Å². The molecule has 0 aliphatic carbocycles. The number of piperidine rings is 1. The molecule has 3 fully saturated rings. The molecule has 13 heteroatoms. The lowest BCUT2D eigenvalue weighted by atomic mass is 10.0. The van der Waals surface area contributed by atoms with Crippen LogP contribution in [0.2, 0.25) is 0 Å². The molecule has 222 valence electrons. The van der Waals surface area contributed by atoms with Gasteiger partial charge in [-0.2, -0.15) is 4.80 Å². The minimum Gasteiger partial charge on any atom is -0.442 e. The van der Waals surface area contributed by atoms with E-state index in [1.807, 2.05) is 11.0 Å². The van der Waals surface area contributed by atoms with E-state index in [0.29, 0.717) is 30.4 Å². The number of piperazine rings is 1. The number of nitrogens with zero attached hydrogens (tertiary/aromatic N) is 8. The lowest BCUT2D eigenvalue weighted by Gasteiger charge is -2.34. The summed E-state index contributed by atoms with van der Waals surface area (Å²) in [6, 6.07) is 15.4. The van der Waals surface area contributed by atoms with Crippen LogP contribution in [0, 0.1) is 5.82 Å². The third kappa shape index (κ3) is 6.30. The summed E-state index contributed by atoms with van der Waals surface area (Å²) in [7, 11) is 0. The number of hydrogen-bond donors (Lipinski definition) is 1. The first-order chi connectivity index (χ1) is 20.4. The lowest BCUT2D eigenvalue weighted by molar-refractivity contribution is -0.119. The topological polar surface area (TPSA) is 112 Å². The Morgan fingerprint density at radius 2 is 1.79 bits per heavy atom. The molecule has 1 N–H and O–H groups in total. The zero-order chi connectivity index (χ0) is 29.1. The number of nitrogens with one attached hydrogen (secondary N) is 1. The molecule has 12 nitrogen and oxygen atoms in total. The van der Waals surface area contributed by atoms with Gasteiger partial charge in [0.05, 0.1) is 30.5 Å². The van der Waals surface area contributed by atoms with E-state index in [-0.39, 0.29) is 25.0 Å². The summed E-state index contributed by atoms with van der Waals surface area (Å²) in [4.78, 5) is 33.2. The van der Waals surface area contributed by atoms with Crippen LogP contribution in [0.5, 0.6) is 0 Å². The summed E-state index contributed by atoms with van der Waals surface area (Å²) in [6.45, 7) is 7.74. The molecular formula is C29H36FN9O3. The van der Waals surface area contributed by atoms with E-state index in [2.05, 4.69) is 49.7 Å². The molecule has 42 heavy (non-hydrogen) atoms. The predicted octanol–water partition coefficient (Wildman–Crippen LogP) is 2.44. The van der Waals surface area contributed by atoms with Crippen LogP contribution in [-0.4, -0.2) is 95.6 Å². The molecule has 3 aliphatic heterocycles. The van der Waals surface area contributed by atoms with E-state index < -0.39 is 18.0 Å². The van der Waals surface area contributed by atoms with Crippen molar-refractivity contribution < 1.29 is 18.7 Å². The maximum absolute atomic E-state index is 15.2. The Morgan fingerprint density at radius 1 is 1.02 bits per heavy atom. The monoisotopic (exact) mass is 577 g/mol. The van der Waals surface area contributed by atoms with Gasteiger partial charge in [-0.3, -0.25) is 14.6 Å². The van der Waals surface area contributed by atoms with Crippen molar-refractivity contribution >= 4 is 29.3 Å². The zero-order valence-corrected chi connectivity index (χ0v) is 23.7. The van der Waals surface area contributed by atoms with Crippen molar-refractivity contribution in [2.45, 2.75) is 38.5 Å². The number of carbonyl (C=O) groups excluding carboxylic acids is 2. The highest BCUT2D eigenvalue weighted by atomic mass is 19.1. The number of aromatic nitrogens is 4. The van der Waals surface area contributed by atoms with Gasteiger partial charge in [-0.15, -0.1) is 5.10 Å². The smallest absolute Gasteiger partial charge is 0.414 e. The largest absolute Gasteiger partial charge is 0.442 e. The third-order valence-electron chi connectivity index (χ3n) is 8.15. The molecule has 0 saturated carbocycles. The maximum atomic E-state index is 15.2. The second-order valence-corrected chi connectivity index (χ2v) is 11.1. The fourth-order valence-electron chi connectivity index (χ4n) is 5.80. The Hall–Kier alpha value is -4.26. The number of cyclic esters (lactones) is 1. The van der Waals surface area contributed by atoms with Gasteiger partial charge in [0.1, 0.15) is 11.9 Å². The molecular weight excluding hydrogens is 541 g/mol. The first-order valence-corrected chi connectivity index (χ1v) is 14.5. The Kier molecular flexibility index (Phi) is 8.17. The quantitative estimate of drug-likeness (QED) is 0.432. The highest BCUT2D eigenvalue weighted by molar-refractivity contribution is 5.90. The van der Waals surface area contributed by atoms with Crippen molar-refractivity contribution in [2.24, 2.45) is 0 Å². The van der Waals surface area contributed by atoms with E-state index >= 15 is 4.39 Å². The molecule has 3 saturated heterocycles. The van der Waals surface area contributed by atoms with Crippen molar-refractivity contribution in [3.05, 3.63) is 59.9 Å². The van der Waals surface area contributed by atoms with Crippen LogP contribution in [-0.2, 0) is 16.1 Å². The highest BCUT2D eigenvalue weighted by Crippen LogP contribution is 2.31. The molecule has 1 atom stereocenters. The second-order valence-electron chi connectivity index (χ2n) is 11.1. The minimum atomic E-state index is -0.549. The van der Waals surface area contributed by atoms with Gasteiger partial charge in [-0.05, 0) is 41.8 Å². The van der Waals surface area contributed by atoms with Crippen LogP contribution in [0.15, 0.2) is 48.5 Å². The van der Waals surface area contributed by atoms with Crippen LogP contribution in [0.25, 0.3) is 0 Å². The van der Waals surface area contributed by atoms with Crippen molar-refractivity contribution in [3.8, 4) is 0 Å². The van der Waals surface area contributed by atoms with Crippen molar-refractivity contribution in [1.82, 2.24) is 30.4 Å². The number of tetrazole rings is 1. The van der Waals surface area contributed by atoms with Crippen LogP contribution >= 0.6 is 0 Å². The summed E-state index contributed by atoms with van der Waals surface area (Å²) in [5.74, 6) is 0.0757. The molecule has 0 bridgehead atoms. The van der Waals surface area contributed by atoms with E-state index in [0.717, 1.165) is 45.6 Å². The van der Waals surface area contributed by atoms with Crippen LogP contribution in [0.3, 0.4) is 0 Å². The van der Waals surface area contributed by atoms with E-state index in [1.165, 1.54) is 23.5 Å². The van der Waals surface area contributed by atoms with E-state index in [9.17, 15) is 9.59 Å². The summed E-state index contributed by atoms with van der Waals surface area (Å²) >= 11 is 0. The van der Waals surface area contributed by atoms with Crippen molar-refractivity contribution in [2.75, 3.05) is 67.1 Å². The van der Waals surface area contributed by atoms with Gasteiger partial charge in [0, 0.05) is 52.7 Å². The van der Waals surface area contributed by atoms with Gasteiger partial charge in [0.15, 0.2) is 0 Å². The van der Waals surface area contributed by atoms with Gasteiger partial charge in [-0.1, -0.05) is 35.4 Å². The highest BCUT2D eigenvalue weighted by Gasteiger charge is 2.33. The first kappa shape index (κ1) is 27.9. The van der Waals surface area contributed by atoms with Gasteiger partial charge >= 0.3 is 6.09 Å². The Balaban J connectivity index is 0.997. The average molecular weight is 578 g/mol.